The zero-order chi connectivity index (χ0) is 28.8. The lowest BCUT2D eigenvalue weighted by Gasteiger charge is -2.18. The summed E-state index contributed by atoms with van der Waals surface area (Å²) in [4.78, 5) is 33.6. The molecule has 39 heavy (non-hydrogen) atoms. The van der Waals surface area contributed by atoms with Gasteiger partial charge in [0.05, 0.1) is 0 Å². The molecule has 0 spiro atoms. The summed E-state index contributed by atoms with van der Waals surface area (Å²) < 4.78 is 87.5. The maximum absolute atomic E-state index is 14.7. The summed E-state index contributed by atoms with van der Waals surface area (Å²) in [6, 6.07) is 7.25. The highest BCUT2D eigenvalue weighted by atomic mass is 19.2. The van der Waals surface area contributed by atoms with Crippen LogP contribution in [-0.4, -0.2) is 33.2 Å². The zero-order valence-corrected chi connectivity index (χ0v) is 19.0. The Balaban J connectivity index is 2.11. The van der Waals surface area contributed by atoms with E-state index < -0.39 is 75.1 Å². The van der Waals surface area contributed by atoms with Crippen molar-refractivity contribution in [3.63, 3.8) is 0 Å². The molecule has 0 atom stereocenters. The molecule has 0 fully saturated rings. The molecule has 12 heteroatoms. The minimum Gasteiger partial charge on any atom is -0.477 e. The fourth-order valence-corrected chi connectivity index (χ4v) is 4.13. The molecule has 4 rings (SSSR count). The van der Waals surface area contributed by atoms with Crippen molar-refractivity contribution in [1.82, 2.24) is 0 Å². The molecule has 0 aliphatic heterocycles. The predicted octanol–water partition coefficient (Wildman–Crippen LogP) is 6.62. The van der Waals surface area contributed by atoms with Gasteiger partial charge in [0.1, 0.15) is 51.6 Å². The fraction of sp³-hybridized carbons (Fsp3) is 0. The van der Waals surface area contributed by atoms with Crippen molar-refractivity contribution in [3.8, 4) is 33.4 Å². The van der Waals surface area contributed by atoms with Gasteiger partial charge < -0.3 is 15.3 Å². The number of aromatic carboxylic acids is 3. The van der Waals surface area contributed by atoms with Crippen LogP contribution < -0.4 is 0 Å². The van der Waals surface area contributed by atoms with Crippen molar-refractivity contribution in [2.45, 2.75) is 0 Å². The van der Waals surface area contributed by atoms with Crippen molar-refractivity contribution in [1.29, 1.82) is 0 Å². The molecule has 0 saturated heterocycles. The Morgan fingerprint density at radius 2 is 0.718 bits per heavy atom. The second-order valence-electron chi connectivity index (χ2n) is 8.09. The van der Waals surface area contributed by atoms with Crippen molar-refractivity contribution < 1.29 is 56.0 Å². The van der Waals surface area contributed by atoms with E-state index in [9.17, 15) is 40.7 Å². The summed E-state index contributed by atoms with van der Waals surface area (Å²) in [5.74, 6) is -14.9. The van der Waals surface area contributed by atoms with Gasteiger partial charge in [-0.2, -0.15) is 0 Å². The number of rotatable bonds is 6. The van der Waals surface area contributed by atoms with Gasteiger partial charge in [0, 0.05) is 0 Å². The maximum atomic E-state index is 14.7. The highest BCUT2D eigenvalue weighted by molar-refractivity contribution is 5.97. The summed E-state index contributed by atoms with van der Waals surface area (Å²) in [5, 5.41) is 27.2. The van der Waals surface area contributed by atoms with Crippen LogP contribution in [0.3, 0.4) is 0 Å². The molecule has 3 N–H and O–H groups in total. The maximum Gasteiger partial charge on any atom is 0.341 e. The highest BCUT2D eigenvalue weighted by Crippen LogP contribution is 2.42. The fourth-order valence-electron chi connectivity index (χ4n) is 4.13. The Morgan fingerprint density at radius 1 is 0.462 bits per heavy atom. The van der Waals surface area contributed by atoms with E-state index in [0.29, 0.717) is 36.4 Å². The molecular weight excluding hydrogens is 534 g/mol. The van der Waals surface area contributed by atoms with Crippen LogP contribution in [0.2, 0.25) is 0 Å². The van der Waals surface area contributed by atoms with E-state index in [1.807, 2.05) is 0 Å². The van der Waals surface area contributed by atoms with Crippen LogP contribution in [0.25, 0.3) is 33.4 Å². The molecule has 0 bridgehead atoms. The average Bonchev–Trinajstić information content (AvgIpc) is 2.81. The van der Waals surface area contributed by atoms with E-state index in [2.05, 4.69) is 0 Å². The SMILES string of the molecule is O=C(O)c1c(F)cc(-c2cccc(-c3cc(F)c(C(=O)O)c(F)c3)c2-c2cc(F)c(C(=O)O)c(F)c2)cc1F. The molecule has 0 heterocycles. The highest BCUT2D eigenvalue weighted by Gasteiger charge is 2.25. The number of halogens is 6. The summed E-state index contributed by atoms with van der Waals surface area (Å²) >= 11 is 0. The van der Waals surface area contributed by atoms with Crippen LogP contribution >= 0.6 is 0 Å². The molecule has 4 aromatic rings. The number of hydrogen-bond acceptors (Lipinski definition) is 3. The first-order chi connectivity index (χ1) is 18.3. The number of carbonyl (C=O) groups is 3. The van der Waals surface area contributed by atoms with Gasteiger partial charge in [-0.25, -0.2) is 40.7 Å². The first-order valence-electron chi connectivity index (χ1n) is 10.6. The van der Waals surface area contributed by atoms with Gasteiger partial charge in [0.15, 0.2) is 0 Å². The molecule has 0 radical (unpaired) electrons. The minimum atomic E-state index is -1.94. The van der Waals surface area contributed by atoms with Crippen LogP contribution in [0, 0.1) is 34.9 Å². The molecule has 0 aliphatic rings. The van der Waals surface area contributed by atoms with Gasteiger partial charge >= 0.3 is 17.9 Å². The molecule has 0 aromatic heterocycles. The van der Waals surface area contributed by atoms with E-state index in [4.69, 9.17) is 15.3 Å². The predicted molar refractivity (Wildman–Crippen MR) is 123 cm³/mol. The van der Waals surface area contributed by atoms with Crippen molar-refractivity contribution in [2.75, 3.05) is 0 Å². The first-order valence-corrected chi connectivity index (χ1v) is 10.6. The Kier molecular flexibility index (Phi) is 6.88. The number of carboxylic acid groups (broad SMARTS) is 3. The largest absolute Gasteiger partial charge is 0.477 e. The molecule has 6 nitrogen and oxygen atoms in total. The van der Waals surface area contributed by atoms with E-state index in [1.54, 1.807) is 0 Å². The quantitative estimate of drug-likeness (QED) is 0.235. The van der Waals surface area contributed by atoms with Gasteiger partial charge in [-0.1, -0.05) is 18.2 Å². The Morgan fingerprint density at radius 3 is 0.974 bits per heavy atom. The van der Waals surface area contributed by atoms with Gasteiger partial charge in [-0.3, -0.25) is 0 Å². The van der Waals surface area contributed by atoms with Crippen molar-refractivity contribution in [2.24, 2.45) is 0 Å². The minimum absolute atomic E-state index is 0.202. The second kappa shape index (κ2) is 9.97. The lowest BCUT2D eigenvalue weighted by molar-refractivity contribution is 0.0675. The Bertz CT molecular complexity index is 1560. The van der Waals surface area contributed by atoms with Gasteiger partial charge in [-0.15, -0.1) is 0 Å². The van der Waals surface area contributed by atoms with E-state index >= 15 is 0 Å². The number of benzene rings is 4. The second-order valence-corrected chi connectivity index (χ2v) is 8.09. The van der Waals surface area contributed by atoms with Crippen LogP contribution in [0.4, 0.5) is 26.3 Å². The lowest BCUT2D eigenvalue weighted by atomic mass is 9.86. The number of hydrogen-bond donors (Lipinski definition) is 3. The average molecular weight is 546 g/mol. The van der Waals surface area contributed by atoms with Crippen molar-refractivity contribution >= 4 is 17.9 Å². The summed E-state index contributed by atoms with van der Waals surface area (Å²) in [5.41, 5.74) is -5.71. The van der Waals surface area contributed by atoms with Crippen LogP contribution in [0.5, 0.6) is 0 Å². The van der Waals surface area contributed by atoms with Gasteiger partial charge in [0.2, 0.25) is 0 Å². The third-order valence-electron chi connectivity index (χ3n) is 5.74. The zero-order valence-electron chi connectivity index (χ0n) is 19.0. The van der Waals surface area contributed by atoms with E-state index in [1.165, 1.54) is 18.2 Å². The van der Waals surface area contributed by atoms with E-state index in [0.717, 1.165) is 0 Å². The van der Waals surface area contributed by atoms with Crippen LogP contribution in [-0.2, 0) is 0 Å². The molecule has 0 amide bonds. The normalized spacial score (nSPS) is 10.9. The topological polar surface area (TPSA) is 112 Å². The third kappa shape index (κ3) is 4.79. The van der Waals surface area contributed by atoms with Gasteiger partial charge in [0.25, 0.3) is 0 Å². The summed E-state index contributed by atoms with van der Waals surface area (Å²) in [6.07, 6.45) is 0. The monoisotopic (exact) mass is 546 g/mol. The standard InChI is InChI=1S/C27H12F6O6/c28-15-4-10(5-16(29)22(15)25(34)35)13-2-1-3-14(11-6-17(30)23(26(36)37)18(31)7-11)21(13)12-8-19(32)24(27(38)39)20(33)9-12/h1-9H,(H,34,35)(H,36,37)(H,38,39). The smallest absolute Gasteiger partial charge is 0.341 e. The molecular formula is C27H12F6O6. The summed E-state index contributed by atoms with van der Waals surface area (Å²) in [7, 11) is 0. The van der Waals surface area contributed by atoms with Crippen LogP contribution in [0.1, 0.15) is 31.1 Å². The third-order valence-corrected chi connectivity index (χ3v) is 5.74. The molecule has 0 saturated carbocycles. The molecule has 0 aliphatic carbocycles. The van der Waals surface area contributed by atoms with Crippen LogP contribution in [0.15, 0.2) is 54.6 Å². The first kappa shape index (κ1) is 26.9. The molecule has 198 valence electrons. The van der Waals surface area contributed by atoms with Gasteiger partial charge in [-0.05, 0) is 69.8 Å². The lowest BCUT2D eigenvalue weighted by Crippen LogP contribution is -2.07. The molecule has 4 aromatic carbocycles. The number of carboxylic acids is 3. The van der Waals surface area contributed by atoms with Crippen molar-refractivity contribution in [3.05, 3.63) is 106 Å². The van der Waals surface area contributed by atoms with E-state index in [-0.39, 0.29) is 27.8 Å². The summed E-state index contributed by atoms with van der Waals surface area (Å²) in [6.45, 7) is 0. The Labute approximate surface area is 214 Å². The molecule has 0 unspecified atom stereocenters. The Hall–Kier alpha value is -5.13.